The summed E-state index contributed by atoms with van der Waals surface area (Å²) in [6, 6.07) is 83.7. The van der Waals surface area contributed by atoms with Crippen LogP contribution in [0.5, 0.6) is 0 Å². The first-order valence-corrected chi connectivity index (χ1v) is 21.6. The zero-order valence-electron chi connectivity index (χ0n) is 34.2. The van der Waals surface area contributed by atoms with E-state index in [1.807, 2.05) is 12.1 Å². The third kappa shape index (κ3) is 5.67. The van der Waals surface area contributed by atoms with Gasteiger partial charge in [-0.25, -0.2) is 0 Å². The zero-order chi connectivity index (χ0) is 41.4. The van der Waals surface area contributed by atoms with Crippen LogP contribution in [0.4, 0.5) is 0 Å². The predicted molar refractivity (Wildman–Crippen MR) is 264 cm³/mol. The average Bonchev–Trinajstić information content (AvgIpc) is 4.02. The molecule has 0 N–H and O–H groups in total. The van der Waals surface area contributed by atoms with Gasteiger partial charge in [-0.3, -0.25) is 0 Å². The summed E-state index contributed by atoms with van der Waals surface area (Å²) < 4.78 is 11.2. The smallest absolute Gasteiger partial charge is 0.135 e. The Morgan fingerprint density at radius 1 is 0.254 bits per heavy atom. The molecular weight excluding hydrogens is 765 g/mol. The molecule has 3 heterocycles. The Kier molecular flexibility index (Phi) is 7.91. The van der Waals surface area contributed by atoms with Crippen LogP contribution in [0.1, 0.15) is 0 Å². The quantitative estimate of drug-likeness (QED) is 0.164. The van der Waals surface area contributed by atoms with E-state index in [0.717, 1.165) is 61.1 Å². The molecule has 0 aliphatic carbocycles. The number of fused-ring (bicyclic) bond motifs is 9. The van der Waals surface area contributed by atoms with Gasteiger partial charge >= 0.3 is 0 Å². The molecule has 0 aliphatic heterocycles. The summed E-state index contributed by atoms with van der Waals surface area (Å²) in [7, 11) is 0. The molecule has 0 saturated carbocycles. The van der Waals surface area contributed by atoms with Gasteiger partial charge in [-0.1, -0.05) is 152 Å². The fourth-order valence-electron chi connectivity index (χ4n) is 9.98. The molecule has 0 radical (unpaired) electrons. The molecule has 0 fully saturated rings. The van der Waals surface area contributed by atoms with Gasteiger partial charge in [0.2, 0.25) is 0 Å². The van der Waals surface area contributed by atoms with Crippen LogP contribution < -0.4 is 0 Å². The maximum Gasteiger partial charge on any atom is 0.135 e. The second-order valence-electron chi connectivity index (χ2n) is 16.5. The summed E-state index contributed by atoms with van der Waals surface area (Å²) >= 11 is 0. The van der Waals surface area contributed by atoms with Crippen LogP contribution in [-0.4, -0.2) is 9.13 Å². The van der Waals surface area contributed by atoms with Crippen molar-refractivity contribution in [1.29, 1.82) is 0 Å². The van der Waals surface area contributed by atoms with Gasteiger partial charge in [0, 0.05) is 49.3 Å². The highest BCUT2D eigenvalue weighted by atomic mass is 16.3. The van der Waals surface area contributed by atoms with Gasteiger partial charge in [-0.15, -0.1) is 0 Å². The summed E-state index contributed by atoms with van der Waals surface area (Å²) in [5.74, 6) is 0. The number of hydrogen-bond acceptors (Lipinski definition) is 1. The second-order valence-corrected chi connectivity index (χ2v) is 16.5. The highest BCUT2D eigenvalue weighted by Gasteiger charge is 2.19. The van der Waals surface area contributed by atoms with Crippen LogP contribution in [0.3, 0.4) is 0 Å². The van der Waals surface area contributed by atoms with Crippen molar-refractivity contribution in [2.24, 2.45) is 0 Å². The number of furan rings is 1. The molecule has 0 saturated heterocycles. The van der Waals surface area contributed by atoms with Gasteiger partial charge < -0.3 is 13.6 Å². The maximum atomic E-state index is 6.30. The van der Waals surface area contributed by atoms with E-state index >= 15 is 0 Å². The lowest BCUT2D eigenvalue weighted by Crippen LogP contribution is -1.96. The van der Waals surface area contributed by atoms with Gasteiger partial charge in [0.1, 0.15) is 11.2 Å². The molecule has 0 spiro atoms. The summed E-state index contributed by atoms with van der Waals surface area (Å²) in [5, 5.41) is 7.17. The van der Waals surface area contributed by atoms with E-state index in [2.05, 4.69) is 228 Å². The average molecular weight is 803 g/mol. The Bertz CT molecular complexity index is 3890. The van der Waals surface area contributed by atoms with E-state index in [1.54, 1.807) is 0 Å². The molecule has 13 aromatic rings. The lowest BCUT2D eigenvalue weighted by molar-refractivity contribution is 0.669. The molecule has 0 bridgehead atoms. The van der Waals surface area contributed by atoms with Gasteiger partial charge in [0.05, 0.1) is 22.1 Å². The highest BCUT2D eigenvalue weighted by Crippen LogP contribution is 2.43. The van der Waals surface area contributed by atoms with Crippen molar-refractivity contribution >= 4 is 65.6 Å². The van der Waals surface area contributed by atoms with Crippen LogP contribution in [0, 0.1) is 0 Å². The molecule has 0 amide bonds. The Hall–Kier alpha value is -8.40. The number of benzene rings is 10. The topological polar surface area (TPSA) is 23.0 Å². The normalized spacial score (nSPS) is 11.8. The van der Waals surface area contributed by atoms with Crippen molar-refractivity contribution in [1.82, 2.24) is 9.13 Å². The number of para-hydroxylation sites is 5. The largest absolute Gasteiger partial charge is 0.456 e. The van der Waals surface area contributed by atoms with Crippen LogP contribution in [0.25, 0.3) is 121 Å². The van der Waals surface area contributed by atoms with Crippen molar-refractivity contribution < 1.29 is 4.42 Å². The first-order chi connectivity index (χ1) is 31.2. The predicted octanol–water partition coefficient (Wildman–Crippen LogP) is 16.4. The van der Waals surface area contributed by atoms with Crippen LogP contribution >= 0.6 is 0 Å². The Morgan fingerprint density at radius 2 is 0.778 bits per heavy atom. The molecule has 0 unspecified atom stereocenters. The first-order valence-electron chi connectivity index (χ1n) is 21.6. The Morgan fingerprint density at radius 3 is 1.56 bits per heavy atom. The number of rotatable bonds is 6. The summed E-state index contributed by atoms with van der Waals surface area (Å²) in [6.07, 6.45) is 0. The molecule has 0 aliphatic rings. The third-order valence-electron chi connectivity index (χ3n) is 12.9. The monoisotopic (exact) mass is 802 g/mol. The molecule has 3 nitrogen and oxygen atoms in total. The standard InChI is InChI=1S/C60H38N2O/c1-3-14-39(15-4-1)40-26-30-47(31-27-40)61-55-23-10-7-18-49(55)51-32-28-42(38-57(51)61)44-34-43(41-29-33-59-54(37-41)52-20-9-12-25-58(52)63-59)35-45(36-44)48-21-13-22-53-50-19-8-11-24-56(50)62(60(48)53)46-16-5-2-6-17-46/h1-38H. The van der Waals surface area contributed by atoms with E-state index in [9.17, 15) is 0 Å². The van der Waals surface area contributed by atoms with Crippen molar-refractivity contribution in [3.63, 3.8) is 0 Å². The molecule has 13 rings (SSSR count). The number of hydrogen-bond donors (Lipinski definition) is 0. The molecule has 63 heavy (non-hydrogen) atoms. The zero-order valence-corrected chi connectivity index (χ0v) is 34.2. The maximum absolute atomic E-state index is 6.30. The summed E-state index contributed by atoms with van der Waals surface area (Å²) in [6.45, 7) is 0. The van der Waals surface area contributed by atoms with Crippen molar-refractivity contribution in [3.05, 3.63) is 231 Å². The molecule has 3 heteroatoms. The van der Waals surface area contributed by atoms with Crippen LogP contribution in [-0.2, 0) is 0 Å². The van der Waals surface area contributed by atoms with Gasteiger partial charge in [-0.05, 0) is 118 Å². The number of nitrogens with zero attached hydrogens (tertiary/aromatic N) is 2. The highest BCUT2D eigenvalue weighted by molar-refractivity contribution is 6.15. The molecule has 294 valence electrons. The minimum Gasteiger partial charge on any atom is -0.456 e. The van der Waals surface area contributed by atoms with Crippen molar-refractivity contribution in [3.8, 4) is 55.9 Å². The summed E-state index contributed by atoms with van der Waals surface area (Å²) in [4.78, 5) is 0. The first kappa shape index (κ1) is 35.4. The van der Waals surface area contributed by atoms with E-state index in [-0.39, 0.29) is 0 Å². The summed E-state index contributed by atoms with van der Waals surface area (Å²) in [5.41, 5.74) is 18.1. The van der Waals surface area contributed by atoms with Crippen LogP contribution in [0.15, 0.2) is 235 Å². The molecule has 3 aromatic heterocycles. The molecular formula is C60H38N2O. The fraction of sp³-hybridized carbons (Fsp3) is 0. The fourth-order valence-corrected chi connectivity index (χ4v) is 9.98. The molecule has 0 atom stereocenters. The second kappa shape index (κ2) is 14.1. The minimum absolute atomic E-state index is 0.892. The third-order valence-corrected chi connectivity index (χ3v) is 12.9. The van der Waals surface area contributed by atoms with E-state index in [4.69, 9.17) is 4.42 Å². The minimum atomic E-state index is 0.892. The lowest BCUT2D eigenvalue weighted by Gasteiger charge is -2.15. The van der Waals surface area contributed by atoms with E-state index in [0.29, 0.717) is 0 Å². The Labute approximate surface area is 363 Å². The van der Waals surface area contributed by atoms with E-state index < -0.39 is 0 Å². The molecule has 10 aromatic carbocycles. The Balaban J connectivity index is 1.06. The van der Waals surface area contributed by atoms with Crippen molar-refractivity contribution in [2.45, 2.75) is 0 Å². The van der Waals surface area contributed by atoms with Gasteiger partial charge in [0.25, 0.3) is 0 Å². The van der Waals surface area contributed by atoms with Gasteiger partial charge in [-0.2, -0.15) is 0 Å². The van der Waals surface area contributed by atoms with Gasteiger partial charge in [0.15, 0.2) is 0 Å². The SMILES string of the molecule is c1ccc(-c2ccc(-n3c4ccccc4c4ccc(-c5cc(-c6ccc7oc8ccccc8c7c6)cc(-c6cccc7c8ccccc8n(-c8ccccc8)c67)c5)cc43)cc2)cc1. The van der Waals surface area contributed by atoms with Crippen LogP contribution in [0.2, 0.25) is 0 Å². The van der Waals surface area contributed by atoms with Crippen molar-refractivity contribution in [2.75, 3.05) is 0 Å². The number of aromatic nitrogens is 2. The van der Waals surface area contributed by atoms with E-state index in [1.165, 1.54) is 60.3 Å². The lowest BCUT2D eigenvalue weighted by atomic mass is 9.91.